The summed E-state index contributed by atoms with van der Waals surface area (Å²) >= 11 is 2.48. The molecule has 1 aromatic heterocycles. The molecule has 2 heterocycles. The van der Waals surface area contributed by atoms with E-state index in [4.69, 9.17) is 14.1 Å². The second-order valence-electron chi connectivity index (χ2n) is 14.2. The number of pyridine rings is 1. The van der Waals surface area contributed by atoms with E-state index in [0.717, 1.165) is 52.1 Å². The van der Waals surface area contributed by atoms with Gasteiger partial charge in [-0.3, -0.25) is 4.98 Å². The molecule has 0 spiro atoms. The number of benzene rings is 1. The molecule has 2 aliphatic rings. The van der Waals surface area contributed by atoms with E-state index in [1.807, 2.05) is 0 Å². The Kier molecular flexibility index (Phi) is 7.88. The van der Waals surface area contributed by atoms with Gasteiger partial charge in [-0.15, -0.1) is 0 Å². The molecule has 1 aliphatic carbocycles. The largest absolute Gasteiger partial charge is 0.410 e. The Morgan fingerprint density at radius 3 is 2.19 bits per heavy atom. The third-order valence-electron chi connectivity index (χ3n) is 8.85. The molecule has 2 aromatic rings. The van der Waals surface area contributed by atoms with Gasteiger partial charge in [0.25, 0.3) is 0 Å². The van der Waals surface area contributed by atoms with Crippen LogP contribution in [0.4, 0.5) is 0 Å². The van der Waals surface area contributed by atoms with Gasteiger partial charge in [0.15, 0.2) is 8.32 Å². The summed E-state index contributed by atoms with van der Waals surface area (Å²) in [4.78, 5) is 5.29. The van der Waals surface area contributed by atoms with Crippen LogP contribution in [0, 0.1) is 8.99 Å². The number of halogens is 1. The van der Waals surface area contributed by atoms with Crippen LogP contribution in [0.5, 0.6) is 0 Å². The Morgan fingerprint density at radius 2 is 1.70 bits per heavy atom. The molecule has 37 heavy (non-hydrogen) atoms. The van der Waals surface area contributed by atoms with E-state index in [1.54, 1.807) is 0 Å². The van der Waals surface area contributed by atoms with Crippen LogP contribution in [0.3, 0.4) is 0 Å². The van der Waals surface area contributed by atoms with Crippen molar-refractivity contribution < 1.29 is 14.3 Å². The molecular formula is C31H46INO3Si. The van der Waals surface area contributed by atoms with Gasteiger partial charge in [-0.25, -0.2) is 0 Å². The number of hydrogen-bond donors (Lipinski definition) is 1. The molecule has 4 nitrogen and oxygen atoms in total. The lowest BCUT2D eigenvalue weighted by molar-refractivity contribution is -0.0500. The summed E-state index contributed by atoms with van der Waals surface area (Å²) in [5.74, 6) is 0.207. The maximum absolute atomic E-state index is 11.8. The number of rotatable bonds is 6. The van der Waals surface area contributed by atoms with Crippen molar-refractivity contribution in [1.29, 1.82) is 0 Å². The van der Waals surface area contributed by atoms with E-state index in [9.17, 15) is 5.11 Å². The van der Waals surface area contributed by atoms with Crippen molar-refractivity contribution in [3.05, 3.63) is 61.5 Å². The molecule has 204 valence electrons. The minimum Gasteiger partial charge on any atom is -0.410 e. The quantitative estimate of drug-likeness (QED) is 0.257. The van der Waals surface area contributed by atoms with E-state index in [0.29, 0.717) is 0 Å². The summed E-state index contributed by atoms with van der Waals surface area (Å²) in [6.07, 6.45) is 1.16. The van der Waals surface area contributed by atoms with E-state index in [1.165, 1.54) is 11.1 Å². The average Bonchev–Trinajstić information content (AvgIpc) is 2.74. The van der Waals surface area contributed by atoms with Crippen LogP contribution in [0.1, 0.15) is 114 Å². The molecule has 4 rings (SSSR count). The molecule has 1 aliphatic heterocycles. The summed E-state index contributed by atoms with van der Waals surface area (Å²) in [7, 11) is -2.02. The topological polar surface area (TPSA) is 51.6 Å². The molecule has 0 saturated carbocycles. The van der Waals surface area contributed by atoms with Gasteiger partial charge in [0, 0.05) is 25.8 Å². The van der Waals surface area contributed by atoms with E-state index >= 15 is 0 Å². The fourth-order valence-corrected chi connectivity index (χ4v) is 7.88. The summed E-state index contributed by atoms with van der Waals surface area (Å²) in [5, 5.41) is 11.9. The molecule has 1 unspecified atom stereocenters. The van der Waals surface area contributed by atoms with Crippen LogP contribution < -0.4 is 0 Å². The number of aromatic nitrogens is 1. The van der Waals surface area contributed by atoms with Crippen molar-refractivity contribution in [3.63, 3.8) is 0 Å². The van der Waals surface area contributed by atoms with Crippen molar-refractivity contribution in [3.8, 4) is 0 Å². The third-order valence-corrected chi connectivity index (χ3v) is 14.5. The number of aliphatic hydroxyl groups is 1. The van der Waals surface area contributed by atoms with Crippen LogP contribution in [0.15, 0.2) is 24.3 Å². The van der Waals surface area contributed by atoms with Crippen LogP contribution in [0.25, 0.3) is 0 Å². The molecule has 1 aromatic carbocycles. The molecule has 1 saturated heterocycles. The maximum atomic E-state index is 11.8. The molecule has 0 amide bonds. The van der Waals surface area contributed by atoms with Crippen molar-refractivity contribution in [2.24, 2.45) is 5.41 Å². The SMILES string of the molecule is CC(C)c1nc2c(c(I)c1C(O)c1ccc(C3(C)COC3)cc1)[C@@H](O[Si](C)(C)C(C)(C)C)CC(C)(C)C2. The molecule has 6 heteroatoms. The Bertz CT molecular complexity index is 1150. The first-order valence-electron chi connectivity index (χ1n) is 13.7. The zero-order valence-corrected chi connectivity index (χ0v) is 27.6. The highest BCUT2D eigenvalue weighted by Gasteiger charge is 2.44. The zero-order chi connectivity index (χ0) is 27.6. The number of ether oxygens (including phenoxy) is 1. The minimum atomic E-state index is -2.02. The second-order valence-corrected chi connectivity index (χ2v) is 20.1. The highest BCUT2D eigenvalue weighted by Crippen LogP contribution is 2.50. The van der Waals surface area contributed by atoms with Gasteiger partial charge >= 0.3 is 0 Å². The zero-order valence-electron chi connectivity index (χ0n) is 24.5. The van der Waals surface area contributed by atoms with Crippen molar-refractivity contribution in [2.75, 3.05) is 13.2 Å². The first-order chi connectivity index (χ1) is 17.0. The highest BCUT2D eigenvalue weighted by atomic mass is 127. The summed E-state index contributed by atoms with van der Waals surface area (Å²) in [6.45, 7) is 24.3. The smallest absolute Gasteiger partial charge is 0.192 e. The minimum absolute atomic E-state index is 0.00727. The summed E-state index contributed by atoms with van der Waals surface area (Å²) in [6, 6.07) is 8.47. The molecule has 0 bridgehead atoms. The lowest BCUT2D eigenvalue weighted by atomic mass is 9.74. The van der Waals surface area contributed by atoms with Gasteiger partial charge in [0.1, 0.15) is 6.10 Å². The third kappa shape index (κ3) is 5.60. The van der Waals surface area contributed by atoms with Gasteiger partial charge in [-0.05, 0) is 76.0 Å². The number of nitrogens with zero attached hydrogens (tertiary/aromatic N) is 1. The molecular weight excluding hydrogens is 589 g/mol. The monoisotopic (exact) mass is 635 g/mol. The Morgan fingerprint density at radius 1 is 1.11 bits per heavy atom. The average molecular weight is 636 g/mol. The first kappa shape index (κ1) is 29.2. The van der Waals surface area contributed by atoms with Crippen molar-refractivity contribution in [1.82, 2.24) is 4.98 Å². The summed E-state index contributed by atoms with van der Waals surface area (Å²) < 4.78 is 13.7. The Hall–Kier alpha value is -0.803. The standard InChI is InChI=1S/C31H46INO3Si/c1-19(2)27-25(28(34)20-11-13-21(14-12-20)31(8)17-35-18-31)26(32)24-22(33-27)15-30(6,7)16-23(24)36-37(9,10)29(3,4)5/h11-14,19,23,28,34H,15-18H2,1-10H3/t23-,28?/m0/s1. The lowest BCUT2D eigenvalue weighted by Gasteiger charge is -2.44. The van der Waals surface area contributed by atoms with Crippen LogP contribution >= 0.6 is 22.6 Å². The van der Waals surface area contributed by atoms with Crippen LogP contribution in [-0.2, 0) is 21.0 Å². The first-order valence-corrected chi connectivity index (χ1v) is 17.7. The van der Waals surface area contributed by atoms with Gasteiger partial charge in [0.2, 0.25) is 0 Å². The predicted octanol–water partition coefficient (Wildman–Crippen LogP) is 8.21. The van der Waals surface area contributed by atoms with Gasteiger partial charge in [-0.1, -0.05) is 79.7 Å². The van der Waals surface area contributed by atoms with E-state index < -0.39 is 14.4 Å². The van der Waals surface area contributed by atoms with Crippen molar-refractivity contribution >= 4 is 30.9 Å². The fourth-order valence-electron chi connectivity index (χ4n) is 5.38. The summed E-state index contributed by atoms with van der Waals surface area (Å²) in [5.41, 5.74) is 6.68. The van der Waals surface area contributed by atoms with E-state index in [2.05, 4.69) is 115 Å². The number of fused-ring (bicyclic) bond motifs is 1. The Balaban J connectivity index is 1.81. The van der Waals surface area contributed by atoms with Gasteiger partial charge in [-0.2, -0.15) is 0 Å². The fraction of sp³-hybridized carbons (Fsp3) is 0.645. The lowest BCUT2D eigenvalue weighted by Crippen LogP contribution is -2.44. The molecule has 0 radical (unpaired) electrons. The number of aliphatic hydroxyl groups excluding tert-OH is 1. The normalized spacial score (nSPS) is 21.9. The predicted molar refractivity (Wildman–Crippen MR) is 163 cm³/mol. The van der Waals surface area contributed by atoms with Crippen LogP contribution in [0.2, 0.25) is 18.1 Å². The molecule has 1 fully saturated rings. The van der Waals surface area contributed by atoms with Crippen LogP contribution in [-0.4, -0.2) is 31.6 Å². The molecule has 1 N–H and O–H groups in total. The van der Waals surface area contributed by atoms with Crippen molar-refractivity contribution in [2.45, 2.75) is 110 Å². The number of hydrogen-bond acceptors (Lipinski definition) is 4. The van der Waals surface area contributed by atoms with E-state index in [-0.39, 0.29) is 27.9 Å². The van der Waals surface area contributed by atoms with Gasteiger partial charge in [0.05, 0.1) is 25.0 Å². The molecule has 2 atom stereocenters. The second kappa shape index (κ2) is 9.99. The highest BCUT2D eigenvalue weighted by molar-refractivity contribution is 14.1. The Labute approximate surface area is 239 Å². The van der Waals surface area contributed by atoms with Gasteiger partial charge < -0.3 is 14.3 Å². The maximum Gasteiger partial charge on any atom is 0.192 e.